The fourth-order valence-electron chi connectivity index (χ4n) is 4.27. The number of alkyl halides is 3. The van der Waals surface area contributed by atoms with E-state index in [9.17, 15) is 27.9 Å². The van der Waals surface area contributed by atoms with Gasteiger partial charge in [0.1, 0.15) is 0 Å². The summed E-state index contributed by atoms with van der Waals surface area (Å²) in [5.41, 5.74) is 0.428. The maximum Gasteiger partial charge on any atom is 0.391 e. The lowest BCUT2D eigenvalue weighted by molar-refractivity contribution is -0.185. The Labute approximate surface area is 176 Å². The van der Waals surface area contributed by atoms with E-state index in [1.807, 2.05) is 0 Å². The Morgan fingerprint density at radius 1 is 0.968 bits per heavy atom. The van der Waals surface area contributed by atoms with Gasteiger partial charge in [-0.15, -0.1) is 0 Å². The Kier molecular flexibility index (Phi) is 5.58. The molecular weight excluding hydrogens is 409 g/mol. The van der Waals surface area contributed by atoms with Gasteiger partial charge in [-0.3, -0.25) is 14.3 Å². The molecule has 1 fully saturated rings. The van der Waals surface area contributed by atoms with E-state index in [0.717, 1.165) is 0 Å². The summed E-state index contributed by atoms with van der Waals surface area (Å²) in [4.78, 5) is 27.4. The second kappa shape index (κ2) is 8.19. The number of pyridine rings is 1. The molecule has 0 saturated carbocycles. The molecule has 2 heterocycles. The van der Waals surface area contributed by atoms with E-state index in [1.54, 1.807) is 59.5 Å². The van der Waals surface area contributed by atoms with Gasteiger partial charge in [-0.25, -0.2) is 4.79 Å². The van der Waals surface area contributed by atoms with Gasteiger partial charge in [-0.1, -0.05) is 36.4 Å². The minimum Gasteiger partial charge on any atom is -0.478 e. The molecular formula is C23H21F3N2O3. The third-order valence-corrected chi connectivity index (χ3v) is 5.84. The van der Waals surface area contributed by atoms with E-state index in [4.69, 9.17) is 0 Å². The Bertz CT molecular complexity index is 1160. The Morgan fingerprint density at radius 3 is 2.13 bits per heavy atom. The highest BCUT2D eigenvalue weighted by atomic mass is 19.4. The monoisotopic (exact) mass is 430 g/mol. The number of carboxylic acids is 1. The maximum absolute atomic E-state index is 13.4. The number of nitrogens with zero attached hydrogens (tertiary/aromatic N) is 2. The molecule has 0 atom stereocenters. The molecule has 5 nitrogen and oxygen atoms in total. The van der Waals surface area contributed by atoms with Crippen molar-refractivity contribution in [3.8, 4) is 5.69 Å². The fraction of sp³-hybridized carbons (Fsp3) is 0.304. The zero-order valence-corrected chi connectivity index (χ0v) is 16.6. The summed E-state index contributed by atoms with van der Waals surface area (Å²) < 4.78 is 40.5. The van der Waals surface area contributed by atoms with Crippen molar-refractivity contribution in [2.75, 3.05) is 13.1 Å². The van der Waals surface area contributed by atoms with Crippen LogP contribution in [0.15, 0.2) is 59.4 Å². The van der Waals surface area contributed by atoms with Crippen LogP contribution in [0.2, 0.25) is 0 Å². The van der Waals surface area contributed by atoms with Crippen molar-refractivity contribution in [1.82, 2.24) is 9.47 Å². The lowest BCUT2D eigenvalue weighted by Crippen LogP contribution is -2.40. The largest absolute Gasteiger partial charge is 0.478 e. The summed E-state index contributed by atoms with van der Waals surface area (Å²) in [7, 11) is 0. The maximum atomic E-state index is 13.4. The molecule has 0 spiro atoms. The predicted molar refractivity (Wildman–Crippen MR) is 111 cm³/mol. The van der Waals surface area contributed by atoms with Gasteiger partial charge in [0.25, 0.3) is 5.56 Å². The van der Waals surface area contributed by atoms with Crippen molar-refractivity contribution in [2.24, 2.45) is 5.92 Å². The van der Waals surface area contributed by atoms with Crippen LogP contribution in [-0.4, -0.2) is 39.8 Å². The van der Waals surface area contributed by atoms with Crippen LogP contribution in [-0.2, 0) is 6.54 Å². The minimum absolute atomic E-state index is 0.00278. The number of carboxylic acid groups (broad SMARTS) is 1. The fourth-order valence-corrected chi connectivity index (χ4v) is 4.27. The number of fused-ring (bicyclic) bond motifs is 1. The van der Waals surface area contributed by atoms with Crippen molar-refractivity contribution in [1.29, 1.82) is 0 Å². The summed E-state index contributed by atoms with van der Waals surface area (Å²) in [5, 5.41) is 10.6. The molecule has 31 heavy (non-hydrogen) atoms. The van der Waals surface area contributed by atoms with E-state index < -0.39 is 18.1 Å². The van der Waals surface area contributed by atoms with Gasteiger partial charge in [0, 0.05) is 23.0 Å². The van der Waals surface area contributed by atoms with Crippen molar-refractivity contribution < 1.29 is 23.1 Å². The third-order valence-electron chi connectivity index (χ3n) is 5.84. The zero-order valence-electron chi connectivity index (χ0n) is 16.6. The van der Waals surface area contributed by atoms with Crippen LogP contribution in [0.25, 0.3) is 16.5 Å². The molecule has 162 valence electrons. The first-order valence-corrected chi connectivity index (χ1v) is 10.0. The van der Waals surface area contributed by atoms with Gasteiger partial charge in [0.15, 0.2) is 0 Å². The third kappa shape index (κ3) is 4.07. The Hall–Kier alpha value is -3.13. The van der Waals surface area contributed by atoms with Gasteiger partial charge in [0.05, 0.1) is 17.2 Å². The summed E-state index contributed by atoms with van der Waals surface area (Å²) in [6.07, 6.45) is -4.32. The lowest BCUT2D eigenvalue weighted by Gasteiger charge is -2.33. The number of hydrogen-bond acceptors (Lipinski definition) is 3. The van der Waals surface area contributed by atoms with E-state index in [0.29, 0.717) is 11.1 Å². The molecule has 1 saturated heterocycles. The molecule has 4 rings (SSSR count). The van der Waals surface area contributed by atoms with Crippen molar-refractivity contribution in [3.05, 3.63) is 76.2 Å². The number of para-hydroxylation sites is 1. The smallest absolute Gasteiger partial charge is 0.391 e. The standard InChI is InChI=1S/C23H21F3N2O3/c24-23(25,26)15-10-12-27(13-11-15)14-19-20(22(30)31)17-8-4-5-9-18(17)21(29)28(19)16-6-2-1-3-7-16/h1-9,15H,10-14H2,(H,30,31). The van der Waals surface area contributed by atoms with Crippen molar-refractivity contribution >= 4 is 16.7 Å². The summed E-state index contributed by atoms with van der Waals surface area (Å²) in [5.74, 6) is -2.53. The minimum atomic E-state index is -4.23. The number of likely N-dealkylation sites (tertiary alicyclic amines) is 1. The van der Waals surface area contributed by atoms with Gasteiger partial charge in [-0.05, 0) is 44.1 Å². The normalized spacial score (nSPS) is 16.0. The molecule has 0 bridgehead atoms. The predicted octanol–water partition coefficient (Wildman–Crippen LogP) is 4.46. The first kappa shape index (κ1) is 21.1. The van der Waals surface area contributed by atoms with Crippen LogP contribution in [0.4, 0.5) is 13.2 Å². The number of halogens is 3. The van der Waals surface area contributed by atoms with Crippen LogP contribution in [0.1, 0.15) is 28.9 Å². The average Bonchev–Trinajstić information content (AvgIpc) is 2.74. The number of aromatic nitrogens is 1. The van der Waals surface area contributed by atoms with E-state index in [1.165, 1.54) is 4.57 Å². The number of benzene rings is 2. The van der Waals surface area contributed by atoms with E-state index in [-0.39, 0.29) is 54.7 Å². The molecule has 3 aromatic rings. The van der Waals surface area contributed by atoms with Crippen LogP contribution in [0.5, 0.6) is 0 Å². The van der Waals surface area contributed by atoms with Crippen LogP contribution >= 0.6 is 0 Å². The highest BCUT2D eigenvalue weighted by Crippen LogP contribution is 2.35. The van der Waals surface area contributed by atoms with E-state index in [2.05, 4.69) is 0 Å². The van der Waals surface area contributed by atoms with Gasteiger partial charge in [-0.2, -0.15) is 13.2 Å². The van der Waals surface area contributed by atoms with Gasteiger partial charge in [0.2, 0.25) is 0 Å². The van der Waals surface area contributed by atoms with Crippen LogP contribution in [0, 0.1) is 5.92 Å². The topological polar surface area (TPSA) is 62.5 Å². The quantitative estimate of drug-likeness (QED) is 0.664. The van der Waals surface area contributed by atoms with Gasteiger partial charge < -0.3 is 5.11 Å². The SMILES string of the molecule is O=C(O)c1c(CN2CCC(C(F)(F)F)CC2)n(-c2ccccc2)c(=O)c2ccccc12. The molecule has 0 amide bonds. The molecule has 1 aliphatic rings. The second-order valence-corrected chi connectivity index (χ2v) is 7.74. The highest BCUT2D eigenvalue weighted by molar-refractivity contribution is 6.04. The average molecular weight is 430 g/mol. The number of hydrogen-bond donors (Lipinski definition) is 1. The summed E-state index contributed by atoms with van der Waals surface area (Å²) in [6, 6.07) is 15.2. The van der Waals surface area contributed by atoms with Gasteiger partial charge >= 0.3 is 12.1 Å². The Morgan fingerprint density at radius 2 is 1.55 bits per heavy atom. The molecule has 1 N–H and O–H groups in total. The van der Waals surface area contributed by atoms with Crippen molar-refractivity contribution in [3.63, 3.8) is 0 Å². The molecule has 0 radical (unpaired) electrons. The number of aromatic carboxylic acids is 1. The second-order valence-electron chi connectivity index (χ2n) is 7.74. The molecule has 1 aliphatic heterocycles. The Balaban J connectivity index is 1.84. The number of rotatable bonds is 4. The lowest BCUT2D eigenvalue weighted by atomic mass is 9.95. The molecule has 2 aromatic carbocycles. The first-order valence-electron chi connectivity index (χ1n) is 10.0. The molecule has 1 aromatic heterocycles. The molecule has 8 heteroatoms. The highest BCUT2D eigenvalue weighted by Gasteiger charge is 2.41. The van der Waals surface area contributed by atoms with E-state index >= 15 is 0 Å². The number of piperidine rings is 1. The first-order chi connectivity index (χ1) is 14.8. The summed E-state index contributed by atoms with van der Waals surface area (Å²) in [6.45, 7) is 0.430. The molecule has 0 unspecified atom stereocenters. The van der Waals surface area contributed by atoms with Crippen LogP contribution in [0.3, 0.4) is 0 Å². The van der Waals surface area contributed by atoms with Crippen molar-refractivity contribution in [2.45, 2.75) is 25.6 Å². The number of carbonyl (C=O) groups is 1. The van der Waals surface area contributed by atoms with Crippen LogP contribution < -0.4 is 5.56 Å². The zero-order chi connectivity index (χ0) is 22.2. The molecule has 0 aliphatic carbocycles. The summed E-state index contributed by atoms with van der Waals surface area (Å²) >= 11 is 0.